The van der Waals surface area contributed by atoms with Crippen LogP contribution < -0.4 is 5.73 Å². The van der Waals surface area contributed by atoms with E-state index in [0.717, 1.165) is 17.7 Å². The highest BCUT2D eigenvalue weighted by Gasteiger charge is 2.29. The van der Waals surface area contributed by atoms with Gasteiger partial charge in [-0.15, -0.1) is 0 Å². The molecule has 0 aliphatic heterocycles. The van der Waals surface area contributed by atoms with Crippen molar-refractivity contribution < 1.29 is 22.7 Å². The smallest absolute Gasteiger partial charge is 0.416 e. The second-order valence-electron chi connectivity index (χ2n) is 3.14. The van der Waals surface area contributed by atoms with Crippen molar-refractivity contribution in [3.63, 3.8) is 0 Å². The van der Waals surface area contributed by atoms with Gasteiger partial charge in [0.1, 0.15) is 0 Å². The van der Waals surface area contributed by atoms with Crippen molar-refractivity contribution in [3.8, 4) is 0 Å². The molecule has 0 atom stereocenters. The number of aryl methyl sites for hydroxylation is 1. The molecule has 0 aliphatic rings. The molecule has 0 spiro atoms. The van der Waals surface area contributed by atoms with E-state index in [4.69, 9.17) is 5.73 Å². The molecule has 96 valence electrons. The average molecular weight is 249 g/mol. The number of benzene rings is 1. The highest BCUT2D eigenvalue weighted by Crippen LogP contribution is 2.28. The van der Waals surface area contributed by atoms with E-state index in [1.165, 1.54) is 19.2 Å². The molecule has 3 nitrogen and oxygen atoms in total. The van der Waals surface area contributed by atoms with Gasteiger partial charge in [-0.1, -0.05) is 17.7 Å². The number of esters is 1. The van der Waals surface area contributed by atoms with E-state index in [2.05, 4.69) is 4.74 Å². The summed E-state index contributed by atoms with van der Waals surface area (Å²) in [7, 11) is 1.30. The summed E-state index contributed by atoms with van der Waals surface area (Å²) in [5.41, 5.74) is 5.05. The Hall–Kier alpha value is -1.56. The quantitative estimate of drug-likeness (QED) is 0.776. The molecule has 17 heavy (non-hydrogen) atoms. The SMILES string of the molecule is COC(=O)CN.Cc1ccc(C(F)(F)F)cc1. The number of methoxy groups -OCH3 is 1. The highest BCUT2D eigenvalue weighted by atomic mass is 19.4. The molecule has 0 amide bonds. The minimum absolute atomic E-state index is 0.0312. The molecule has 2 N–H and O–H groups in total. The second-order valence-corrected chi connectivity index (χ2v) is 3.14. The van der Waals surface area contributed by atoms with E-state index >= 15 is 0 Å². The van der Waals surface area contributed by atoms with E-state index in [9.17, 15) is 18.0 Å². The third-order valence-corrected chi connectivity index (χ3v) is 1.77. The van der Waals surface area contributed by atoms with Gasteiger partial charge in [0, 0.05) is 0 Å². The van der Waals surface area contributed by atoms with Gasteiger partial charge in [-0.2, -0.15) is 13.2 Å². The lowest BCUT2D eigenvalue weighted by molar-refractivity contribution is -0.139. The third-order valence-electron chi connectivity index (χ3n) is 1.77. The van der Waals surface area contributed by atoms with Crippen LogP contribution in [0.25, 0.3) is 0 Å². The number of ether oxygens (including phenoxy) is 1. The topological polar surface area (TPSA) is 52.3 Å². The van der Waals surface area contributed by atoms with Crippen LogP contribution in [0, 0.1) is 6.92 Å². The van der Waals surface area contributed by atoms with Crippen LogP contribution in [0.5, 0.6) is 0 Å². The first kappa shape index (κ1) is 15.4. The summed E-state index contributed by atoms with van der Waals surface area (Å²) in [6, 6.07) is 5.05. The maximum absolute atomic E-state index is 11.9. The van der Waals surface area contributed by atoms with Gasteiger partial charge in [0.2, 0.25) is 0 Å². The molecular weight excluding hydrogens is 235 g/mol. The Morgan fingerprint density at radius 3 is 2.00 bits per heavy atom. The van der Waals surface area contributed by atoms with Gasteiger partial charge >= 0.3 is 12.1 Å². The lowest BCUT2D eigenvalue weighted by Crippen LogP contribution is -2.14. The van der Waals surface area contributed by atoms with Crippen molar-refractivity contribution in [2.45, 2.75) is 13.1 Å². The van der Waals surface area contributed by atoms with Crippen molar-refractivity contribution in [3.05, 3.63) is 35.4 Å². The number of alkyl halides is 3. The molecule has 0 unspecified atom stereocenters. The first-order chi connectivity index (χ1) is 7.81. The Kier molecular flexibility index (Phi) is 6.27. The van der Waals surface area contributed by atoms with Crippen molar-refractivity contribution in [2.24, 2.45) is 5.73 Å². The largest absolute Gasteiger partial charge is 0.468 e. The summed E-state index contributed by atoms with van der Waals surface area (Å²) < 4.78 is 39.9. The van der Waals surface area contributed by atoms with Crippen LogP contribution in [0.4, 0.5) is 13.2 Å². The molecule has 0 fully saturated rings. The fraction of sp³-hybridized carbons (Fsp3) is 0.364. The summed E-state index contributed by atoms with van der Waals surface area (Å²) in [5.74, 6) is -0.380. The Bertz CT molecular complexity index is 341. The summed E-state index contributed by atoms with van der Waals surface area (Å²) in [6.07, 6.45) is -4.21. The minimum atomic E-state index is -4.21. The van der Waals surface area contributed by atoms with Crippen molar-refractivity contribution in [2.75, 3.05) is 13.7 Å². The Morgan fingerprint density at radius 2 is 1.76 bits per heavy atom. The molecule has 0 radical (unpaired) electrons. The zero-order valence-electron chi connectivity index (χ0n) is 9.54. The van der Waals surface area contributed by atoms with Gasteiger partial charge in [-0.25, -0.2) is 0 Å². The molecule has 1 aromatic rings. The molecule has 6 heteroatoms. The maximum Gasteiger partial charge on any atom is 0.416 e. The Labute approximate surface area is 97.4 Å². The number of hydrogen-bond donors (Lipinski definition) is 1. The normalized spacial score (nSPS) is 10.2. The number of nitrogens with two attached hydrogens (primary N) is 1. The van der Waals surface area contributed by atoms with Gasteiger partial charge in [-0.3, -0.25) is 4.79 Å². The first-order valence-corrected chi connectivity index (χ1v) is 4.72. The number of rotatable bonds is 1. The second kappa shape index (κ2) is 6.90. The minimum Gasteiger partial charge on any atom is -0.468 e. The third kappa shape index (κ3) is 6.57. The van der Waals surface area contributed by atoms with Gasteiger partial charge in [-0.05, 0) is 19.1 Å². The van der Waals surface area contributed by atoms with Gasteiger partial charge < -0.3 is 10.5 Å². The summed E-state index contributed by atoms with van der Waals surface area (Å²) >= 11 is 0. The summed E-state index contributed by atoms with van der Waals surface area (Å²) in [4.78, 5) is 9.83. The van der Waals surface area contributed by atoms with Crippen LogP contribution >= 0.6 is 0 Å². The van der Waals surface area contributed by atoms with Crippen molar-refractivity contribution in [1.82, 2.24) is 0 Å². The number of carbonyl (C=O) groups excluding carboxylic acids is 1. The molecule has 0 aliphatic carbocycles. The van der Waals surface area contributed by atoms with Crippen LogP contribution in [0.1, 0.15) is 11.1 Å². The lowest BCUT2D eigenvalue weighted by atomic mass is 10.1. The maximum atomic E-state index is 11.9. The van der Waals surface area contributed by atoms with Gasteiger partial charge in [0.15, 0.2) is 0 Å². The van der Waals surface area contributed by atoms with Crippen LogP contribution in [0.15, 0.2) is 24.3 Å². The molecule has 0 saturated heterocycles. The fourth-order valence-corrected chi connectivity index (χ4v) is 0.826. The van der Waals surface area contributed by atoms with E-state index in [1.807, 2.05) is 0 Å². The molecule has 1 aromatic carbocycles. The standard InChI is InChI=1S/C8H7F3.C3H7NO2/c1-6-2-4-7(5-3-6)8(9,10)11;1-6-3(5)2-4/h2-5H,1H3;2,4H2,1H3. The van der Waals surface area contributed by atoms with Crippen LogP contribution in [-0.2, 0) is 15.7 Å². The molecule has 0 aromatic heterocycles. The molecule has 0 heterocycles. The average Bonchev–Trinajstić information content (AvgIpc) is 2.28. The van der Waals surface area contributed by atoms with E-state index in [1.54, 1.807) is 6.92 Å². The molecular formula is C11H14F3NO2. The zero-order valence-corrected chi connectivity index (χ0v) is 9.54. The Balaban J connectivity index is 0.000000366. The van der Waals surface area contributed by atoms with Crippen LogP contribution in [0.3, 0.4) is 0 Å². The first-order valence-electron chi connectivity index (χ1n) is 4.72. The molecule has 0 saturated carbocycles. The Morgan fingerprint density at radius 1 is 1.29 bits per heavy atom. The van der Waals surface area contributed by atoms with Crippen LogP contribution in [0.2, 0.25) is 0 Å². The molecule has 1 rings (SSSR count). The number of hydrogen-bond acceptors (Lipinski definition) is 3. The monoisotopic (exact) mass is 249 g/mol. The number of carbonyl (C=O) groups is 1. The predicted molar refractivity (Wildman–Crippen MR) is 57.3 cm³/mol. The zero-order chi connectivity index (χ0) is 13.5. The summed E-state index contributed by atoms with van der Waals surface area (Å²) in [5, 5.41) is 0. The van der Waals surface area contributed by atoms with Crippen molar-refractivity contribution >= 4 is 5.97 Å². The highest BCUT2D eigenvalue weighted by molar-refractivity contribution is 5.70. The van der Waals surface area contributed by atoms with Crippen LogP contribution in [-0.4, -0.2) is 19.6 Å². The van der Waals surface area contributed by atoms with Gasteiger partial charge in [0.25, 0.3) is 0 Å². The number of halogens is 3. The van der Waals surface area contributed by atoms with Crippen molar-refractivity contribution in [1.29, 1.82) is 0 Å². The summed E-state index contributed by atoms with van der Waals surface area (Å²) in [6.45, 7) is 1.72. The van der Waals surface area contributed by atoms with E-state index in [-0.39, 0.29) is 12.5 Å². The van der Waals surface area contributed by atoms with E-state index < -0.39 is 11.7 Å². The van der Waals surface area contributed by atoms with Gasteiger partial charge in [0.05, 0.1) is 19.2 Å². The lowest BCUT2D eigenvalue weighted by Gasteiger charge is -2.05. The van der Waals surface area contributed by atoms with E-state index in [0.29, 0.717) is 0 Å². The predicted octanol–water partition coefficient (Wildman–Crippen LogP) is 2.13. The molecule has 0 bridgehead atoms. The fourth-order valence-electron chi connectivity index (χ4n) is 0.826.